The van der Waals surface area contributed by atoms with E-state index in [9.17, 15) is 4.79 Å². The van der Waals surface area contributed by atoms with Crippen LogP contribution in [0.3, 0.4) is 0 Å². The number of fused-ring (bicyclic) bond motifs is 1. The minimum absolute atomic E-state index is 0.207. The molecule has 0 bridgehead atoms. The largest absolute Gasteiger partial charge is 0.497 e. The Morgan fingerprint density at radius 3 is 2.74 bits per heavy atom. The topological polar surface area (TPSA) is 64.4 Å². The molecule has 118 valence electrons. The van der Waals surface area contributed by atoms with Gasteiger partial charge in [-0.25, -0.2) is 4.98 Å². The smallest absolute Gasteiger partial charge is 0.270 e. The summed E-state index contributed by atoms with van der Waals surface area (Å²) in [7, 11) is 1.62. The van der Waals surface area contributed by atoms with Gasteiger partial charge in [-0.05, 0) is 44.2 Å². The van der Waals surface area contributed by atoms with Crippen LogP contribution in [0, 0.1) is 13.8 Å². The molecule has 0 spiro atoms. The second-order valence-corrected chi connectivity index (χ2v) is 5.38. The van der Waals surface area contributed by atoms with Gasteiger partial charge in [0.15, 0.2) is 0 Å². The zero-order chi connectivity index (χ0) is 16.4. The van der Waals surface area contributed by atoms with Gasteiger partial charge in [-0.1, -0.05) is 6.07 Å². The van der Waals surface area contributed by atoms with Gasteiger partial charge in [-0.3, -0.25) is 4.79 Å². The highest BCUT2D eigenvalue weighted by Gasteiger charge is 2.10. The molecular formula is C18H18N2O3. The summed E-state index contributed by atoms with van der Waals surface area (Å²) in [5.41, 5.74) is 2.12. The standard InChI is InChI=1S/C18H18N2O3/c1-11-8-14(12(2)23-11)10-19-18(21)17-6-4-13-9-15(22-3)5-7-16(13)20-17/h4-9H,10H2,1-3H3,(H,19,21). The number of carbonyl (C=O) groups is 1. The Bertz CT molecular complexity index is 868. The Labute approximate surface area is 134 Å². The van der Waals surface area contributed by atoms with Crippen molar-refractivity contribution in [2.75, 3.05) is 7.11 Å². The average molecular weight is 310 g/mol. The van der Waals surface area contributed by atoms with Gasteiger partial charge in [-0.2, -0.15) is 0 Å². The lowest BCUT2D eigenvalue weighted by atomic mass is 10.2. The predicted molar refractivity (Wildman–Crippen MR) is 87.6 cm³/mol. The first-order chi connectivity index (χ1) is 11.1. The molecule has 0 saturated carbocycles. The summed E-state index contributed by atoms with van der Waals surface area (Å²) in [5, 5.41) is 3.80. The SMILES string of the molecule is COc1ccc2nc(C(=O)NCc3cc(C)oc3C)ccc2c1. The summed E-state index contributed by atoms with van der Waals surface area (Å²) in [6.45, 7) is 4.19. The molecule has 0 aliphatic carbocycles. The molecule has 1 amide bonds. The summed E-state index contributed by atoms with van der Waals surface area (Å²) in [5.74, 6) is 2.22. The Hall–Kier alpha value is -2.82. The van der Waals surface area contributed by atoms with Gasteiger partial charge in [-0.15, -0.1) is 0 Å². The first-order valence-corrected chi connectivity index (χ1v) is 7.36. The molecule has 5 heteroatoms. The average Bonchev–Trinajstić information content (AvgIpc) is 2.89. The summed E-state index contributed by atoms with van der Waals surface area (Å²) < 4.78 is 10.6. The van der Waals surface area contributed by atoms with Crippen molar-refractivity contribution in [3.05, 3.63) is 59.2 Å². The maximum atomic E-state index is 12.3. The van der Waals surface area contributed by atoms with Gasteiger partial charge in [0.2, 0.25) is 0 Å². The fourth-order valence-electron chi connectivity index (χ4n) is 2.48. The molecule has 0 radical (unpaired) electrons. The van der Waals surface area contributed by atoms with Gasteiger partial charge in [0.05, 0.1) is 12.6 Å². The summed E-state index contributed by atoms with van der Waals surface area (Å²) in [6, 6.07) is 11.1. The number of hydrogen-bond acceptors (Lipinski definition) is 4. The number of hydrogen-bond donors (Lipinski definition) is 1. The molecule has 2 heterocycles. The second-order valence-electron chi connectivity index (χ2n) is 5.38. The van der Waals surface area contributed by atoms with Crippen LogP contribution in [0.2, 0.25) is 0 Å². The van der Waals surface area contributed by atoms with Crippen LogP contribution in [0.1, 0.15) is 27.6 Å². The van der Waals surface area contributed by atoms with E-state index in [4.69, 9.17) is 9.15 Å². The van der Waals surface area contributed by atoms with E-state index in [0.29, 0.717) is 12.2 Å². The number of amides is 1. The highest BCUT2D eigenvalue weighted by molar-refractivity contribution is 5.95. The van der Waals surface area contributed by atoms with Gasteiger partial charge < -0.3 is 14.5 Å². The fourth-order valence-corrected chi connectivity index (χ4v) is 2.48. The van der Waals surface area contributed by atoms with E-state index in [0.717, 1.165) is 33.7 Å². The molecule has 3 rings (SSSR count). The molecule has 3 aromatic rings. The van der Waals surface area contributed by atoms with Crippen LogP contribution in [-0.2, 0) is 6.54 Å². The Balaban J connectivity index is 1.76. The Kier molecular flexibility index (Phi) is 4.02. The van der Waals surface area contributed by atoms with E-state index in [2.05, 4.69) is 10.3 Å². The molecule has 2 aromatic heterocycles. The van der Waals surface area contributed by atoms with Gasteiger partial charge >= 0.3 is 0 Å². The molecular weight excluding hydrogens is 292 g/mol. The van der Waals surface area contributed by atoms with Gasteiger partial charge in [0.1, 0.15) is 23.0 Å². The molecule has 0 unspecified atom stereocenters. The predicted octanol–water partition coefficient (Wildman–Crippen LogP) is 3.38. The number of ether oxygens (including phenoxy) is 1. The molecule has 0 fully saturated rings. The first kappa shape index (κ1) is 15.1. The van der Waals surface area contributed by atoms with Crippen LogP contribution < -0.4 is 10.1 Å². The lowest BCUT2D eigenvalue weighted by Crippen LogP contribution is -2.23. The molecule has 1 aromatic carbocycles. The minimum Gasteiger partial charge on any atom is -0.497 e. The molecule has 0 aliphatic heterocycles. The van der Waals surface area contributed by atoms with Crippen molar-refractivity contribution in [2.45, 2.75) is 20.4 Å². The third kappa shape index (κ3) is 3.18. The quantitative estimate of drug-likeness (QED) is 0.802. The fraction of sp³-hybridized carbons (Fsp3) is 0.222. The Morgan fingerprint density at radius 2 is 2.04 bits per heavy atom. The van der Waals surface area contributed by atoms with Crippen LogP contribution in [0.15, 0.2) is 40.8 Å². The molecule has 0 saturated heterocycles. The van der Waals surface area contributed by atoms with E-state index in [1.54, 1.807) is 13.2 Å². The lowest BCUT2D eigenvalue weighted by molar-refractivity contribution is 0.0946. The van der Waals surface area contributed by atoms with Crippen molar-refractivity contribution in [1.29, 1.82) is 0 Å². The van der Waals surface area contributed by atoms with Crippen LogP contribution >= 0.6 is 0 Å². The van der Waals surface area contributed by atoms with Gasteiger partial charge in [0, 0.05) is 17.5 Å². The van der Waals surface area contributed by atoms with E-state index in [1.165, 1.54) is 0 Å². The van der Waals surface area contributed by atoms with Crippen LogP contribution in [0.25, 0.3) is 10.9 Å². The normalized spacial score (nSPS) is 10.7. The number of aryl methyl sites for hydroxylation is 2. The Morgan fingerprint density at radius 1 is 1.22 bits per heavy atom. The monoisotopic (exact) mass is 310 g/mol. The molecule has 0 atom stereocenters. The zero-order valence-corrected chi connectivity index (χ0v) is 13.3. The van der Waals surface area contributed by atoms with Crippen molar-refractivity contribution in [3.8, 4) is 5.75 Å². The van der Waals surface area contributed by atoms with Crippen molar-refractivity contribution in [1.82, 2.24) is 10.3 Å². The van der Waals surface area contributed by atoms with Crippen molar-refractivity contribution >= 4 is 16.8 Å². The number of pyridine rings is 1. The van der Waals surface area contributed by atoms with Crippen LogP contribution in [0.4, 0.5) is 0 Å². The van der Waals surface area contributed by atoms with E-state index < -0.39 is 0 Å². The summed E-state index contributed by atoms with van der Waals surface area (Å²) in [6.07, 6.45) is 0. The molecule has 0 aliphatic rings. The molecule has 1 N–H and O–H groups in total. The number of rotatable bonds is 4. The highest BCUT2D eigenvalue weighted by Crippen LogP contribution is 2.19. The summed E-state index contributed by atoms with van der Waals surface area (Å²) >= 11 is 0. The number of carbonyl (C=O) groups excluding carboxylic acids is 1. The molecule has 5 nitrogen and oxygen atoms in total. The number of furan rings is 1. The first-order valence-electron chi connectivity index (χ1n) is 7.36. The van der Waals surface area contributed by atoms with E-state index in [-0.39, 0.29) is 5.91 Å². The number of benzene rings is 1. The number of aromatic nitrogens is 1. The minimum atomic E-state index is -0.207. The third-order valence-electron chi connectivity index (χ3n) is 3.71. The van der Waals surface area contributed by atoms with Crippen LogP contribution in [-0.4, -0.2) is 18.0 Å². The zero-order valence-electron chi connectivity index (χ0n) is 13.3. The third-order valence-corrected chi connectivity index (χ3v) is 3.71. The lowest BCUT2D eigenvalue weighted by Gasteiger charge is -2.06. The number of nitrogens with one attached hydrogen (secondary N) is 1. The maximum Gasteiger partial charge on any atom is 0.270 e. The second kappa shape index (κ2) is 6.12. The van der Waals surface area contributed by atoms with Crippen molar-refractivity contribution in [2.24, 2.45) is 0 Å². The number of nitrogens with zero attached hydrogens (tertiary/aromatic N) is 1. The molecule has 23 heavy (non-hydrogen) atoms. The maximum absolute atomic E-state index is 12.3. The van der Waals surface area contributed by atoms with Crippen molar-refractivity contribution in [3.63, 3.8) is 0 Å². The van der Waals surface area contributed by atoms with E-state index in [1.807, 2.05) is 44.2 Å². The van der Waals surface area contributed by atoms with Crippen molar-refractivity contribution < 1.29 is 13.9 Å². The number of methoxy groups -OCH3 is 1. The van der Waals surface area contributed by atoms with Crippen LogP contribution in [0.5, 0.6) is 5.75 Å². The van der Waals surface area contributed by atoms with E-state index >= 15 is 0 Å². The highest BCUT2D eigenvalue weighted by atomic mass is 16.5. The van der Waals surface area contributed by atoms with Gasteiger partial charge in [0.25, 0.3) is 5.91 Å². The summed E-state index contributed by atoms with van der Waals surface area (Å²) in [4.78, 5) is 16.7.